The van der Waals surface area contributed by atoms with Gasteiger partial charge in [0.1, 0.15) is 0 Å². The minimum Gasteiger partial charge on any atom is -0.376 e. The number of carbonyl (C=O) groups is 1. The van der Waals surface area contributed by atoms with Crippen molar-refractivity contribution >= 4 is 5.91 Å². The molecular weight excluding hydrogens is 244 g/mol. The number of hydrogen-bond donors (Lipinski definition) is 1. The fourth-order valence-electron chi connectivity index (χ4n) is 2.15. The van der Waals surface area contributed by atoms with Crippen molar-refractivity contribution in [2.75, 3.05) is 26.4 Å². The van der Waals surface area contributed by atoms with E-state index in [1.807, 2.05) is 6.07 Å². The van der Waals surface area contributed by atoms with Crippen molar-refractivity contribution in [2.24, 2.45) is 0 Å². The Morgan fingerprint density at radius 2 is 2.32 bits per heavy atom. The lowest BCUT2D eigenvalue weighted by atomic mass is 10.1. The topological polar surface area (TPSA) is 60.5 Å². The molecule has 1 aliphatic carbocycles. The van der Waals surface area contributed by atoms with Gasteiger partial charge in [0.05, 0.1) is 25.9 Å². The van der Waals surface area contributed by atoms with Crippen molar-refractivity contribution in [3.8, 4) is 0 Å². The number of amides is 1. The van der Waals surface area contributed by atoms with E-state index in [-0.39, 0.29) is 12.0 Å². The first-order chi connectivity index (χ1) is 9.33. The first-order valence-corrected chi connectivity index (χ1v) is 6.76. The summed E-state index contributed by atoms with van der Waals surface area (Å²) in [6.45, 7) is 2.27. The van der Waals surface area contributed by atoms with Gasteiger partial charge >= 0.3 is 0 Å². The molecule has 0 spiro atoms. The number of rotatable bonds is 4. The largest absolute Gasteiger partial charge is 0.376 e. The molecule has 1 N–H and O–H groups in total. The van der Waals surface area contributed by atoms with Crippen molar-refractivity contribution in [3.63, 3.8) is 0 Å². The van der Waals surface area contributed by atoms with Gasteiger partial charge in [0.25, 0.3) is 5.91 Å². The van der Waals surface area contributed by atoms with Gasteiger partial charge in [0.15, 0.2) is 0 Å². The summed E-state index contributed by atoms with van der Waals surface area (Å²) < 4.78 is 10.8. The Kier molecular flexibility index (Phi) is 3.75. The smallest absolute Gasteiger partial charge is 0.251 e. The van der Waals surface area contributed by atoms with Gasteiger partial charge in [-0.15, -0.1) is 0 Å². The normalized spacial score (nSPS) is 23.1. The Labute approximate surface area is 112 Å². The van der Waals surface area contributed by atoms with Gasteiger partial charge in [0, 0.05) is 29.9 Å². The highest BCUT2D eigenvalue weighted by molar-refractivity contribution is 5.94. The van der Waals surface area contributed by atoms with Gasteiger partial charge < -0.3 is 14.8 Å². The zero-order valence-corrected chi connectivity index (χ0v) is 10.8. The highest BCUT2D eigenvalue weighted by atomic mass is 16.6. The maximum absolute atomic E-state index is 12.0. The molecule has 102 valence electrons. The number of aromatic nitrogens is 1. The van der Waals surface area contributed by atoms with Crippen LogP contribution in [0.4, 0.5) is 0 Å². The molecule has 0 radical (unpaired) electrons. The van der Waals surface area contributed by atoms with Crippen LogP contribution in [0, 0.1) is 0 Å². The van der Waals surface area contributed by atoms with Crippen LogP contribution in [-0.4, -0.2) is 43.4 Å². The van der Waals surface area contributed by atoms with Crippen molar-refractivity contribution in [3.05, 3.63) is 29.6 Å². The monoisotopic (exact) mass is 262 g/mol. The Morgan fingerprint density at radius 3 is 3.05 bits per heavy atom. The third-order valence-electron chi connectivity index (χ3n) is 3.41. The van der Waals surface area contributed by atoms with E-state index in [1.54, 1.807) is 12.3 Å². The second kappa shape index (κ2) is 5.67. The molecule has 1 saturated carbocycles. The summed E-state index contributed by atoms with van der Waals surface area (Å²) in [5, 5.41) is 2.88. The molecule has 3 rings (SSSR count). The summed E-state index contributed by atoms with van der Waals surface area (Å²) in [5.41, 5.74) is 1.71. The van der Waals surface area contributed by atoms with Crippen LogP contribution < -0.4 is 5.32 Å². The lowest BCUT2D eigenvalue weighted by molar-refractivity contribution is -0.0855. The average molecular weight is 262 g/mol. The fraction of sp³-hybridized carbons (Fsp3) is 0.571. The molecule has 0 unspecified atom stereocenters. The van der Waals surface area contributed by atoms with Crippen LogP contribution in [-0.2, 0) is 9.47 Å². The Bertz CT molecular complexity index is 454. The number of ether oxygens (including phenoxy) is 2. The molecule has 5 nitrogen and oxygen atoms in total. The van der Waals surface area contributed by atoms with Crippen molar-refractivity contribution in [1.82, 2.24) is 10.3 Å². The first-order valence-electron chi connectivity index (χ1n) is 6.76. The van der Waals surface area contributed by atoms with Gasteiger partial charge in [-0.25, -0.2) is 0 Å². The van der Waals surface area contributed by atoms with E-state index in [0.717, 1.165) is 5.69 Å². The second-order valence-corrected chi connectivity index (χ2v) is 5.02. The molecule has 1 amide bonds. The zero-order chi connectivity index (χ0) is 13.1. The van der Waals surface area contributed by atoms with E-state index < -0.39 is 0 Å². The SMILES string of the molecule is O=C(NC[C@H]1COCCO1)c1ccnc(C2CC2)c1. The van der Waals surface area contributed by atoms with E-state index in [2.05, 4.69) is 10.3 Å². The molecule has 5 heteroatoms. The lowest BCUT2D eigenvalue weighted by Gasteiger charge is -2.23. The zero-order valence-electron chi connectivity index (χ0n) is 10.8. The van der Waals surface area contributed by atoms with Gasteiger partial charge in [-0.3, -0.25) is 9.78 Å². The average Bonchev–Trinajstić information content (AvgIpc) is 3.31. The van der Waals surface area contributed by atoms with Gasteiger partial charge in [0.2, 0.25) is 0 Å². The molecule has 0 aromatic carbocycles. The van der Waals surface area contributed by atoms with Crippen LogP contribution in [0.2, 0.25) is 0 Å². The van der Waals surface area contributed by atoms with Crippen LogP contribution in [0.1, 0.15) is 34.8 Å². The molecule has 2 heterocycles. The summed E-state index contributed by atoms with van der Waals surface area (Å²) in [5.74, 6) is 0.487. The van der Waals surface area contributed by atoms with Crippen LogP contribution in [0.5, 0.6) is 0 Å². The minimum absolute atomic E-state index is 0.0394. The Balaban J connectivity index is 1.55. The standard InChI is InChI=1S/C14H18N2O3/c17-14(16-8-12-9-18-5-6-19-12)11-3-4-15-13(7-11)10-1-2-10/h3-4,7,10,12H,1-2,5-6,8-9H2,(H,16,17)/t12-/m0/s1. The van der Waals surface area contributed by atoms with Gasteiger partial charge in [-0.05, 0) is 25.0 Å². The summed E-state index contributed by atoms with van der Waals surface area (Å²) in [6, 6.07) is 3.64. The molecule has 1 aromatic heterocycles. The highest BCUT2D eigenvalue weighted by Gasteiger charge is 2.25. The number of pyridine rings is 1. The molecule has 1 aromatic rings. The summed E-state index contributed by atoms with van der Waals surface area (Å²) in [6.07, 6.45) is 4.04. The number of nitrogens with one attached hydrogen (secondary N) is 1. The summed E-state index contributed by atoms with van der Waals surface area (Å²) in [7, 11) is 0. The molecule has 2 aliphatic rings. The molecule has 2 fully saturated rings. The molecule has 0 bridgehead atoms. The number of hydrogen-bond acceptors (Lipinski definition) is 4. The third-order valence-corrected chi connectivity index (χ3v) is 3.41. The number of nitrogens with zero attached hydrogens (tertiary/aromatic N) is 1. The number of carbonyl (C=O) groups excluding carboxylic acids is 1. The third kappa shape index (κ3) is 3.30. The Morgan fingerprint density at radius 1 is 1.42 bits per heavy atom. The summed E-state index contributed by atoms with van der Waals surface area (Å²) >= 11 is 0. The molecule has 1 atom stereocenters. The first kappa shape index (κ1) is 12.6. The molecule has 1 saturated heterocycles. The lowest BCUT2D eigenvalue weighted by Crippen LogP contribution is -2.39. The minimum atomic E-state index is -0.0709. The molecule has 19 heavy (non-hydrogen) atoms. The predicted octanol–water partition coefficient (Wildman–Crippen LogP) is 1.10. The van der Waals surface area contributed by atoms with Crippen molar-refractivity contribution < 1.29 is 14.3 Å². The maximum atomic E-state index is 12.0. The van der Waals surface area contributed by atoms with Crippen LogP contribution in [0.15, 0.2) is 18.3 Å². The van der Waals surface area contributed by atoms with E-state index in [0.29, 0.717) is 37.8 Å². The molecule has 1 aliphatic heterocycles. The van der Waals surface area contributed by atoms with Crippen LogP contribution >= 0.6 is 0 Å². The molecular formula is C14H18N2O3. The van der Waals surface area contributed by atoms with Gasteiger partial charge in [-0.2, -0.15) is 0 Å². The predicted molar refractivity (Wildman–Crippen MR) is 69.1 cm³/mol. The van der Waals surface area contributed by atoms with E-state index >= 15 is 0 Å². The second-order valence-electron chi connectivity index (χ2n) is 5.02. The maximum Gasteiger partial charge on any atom is 0.251 e. The van der Waals surface area contributed by atoms with E-state index in [4.69, 9.17) is 9.47 Å². The van der Waals surface area contributed by atoms with Crippen molar-refractivity contribution in [2.45, 2.75) is 24.9 Å². The van der Waals surface area contributed by atoms with Crippen LogP contribution in [0.25, 0.3) is 0 Å². The van der Waals surface area contributed by atoms with E-state index in [9.17, 15) is 4.79 Å². The van der Waals surface area contributed by atoms with Crippen molar-refractivity contribution in [1.29, 1.82) is 0 Å². The van der Waals surface area contributed by atoms with Gasteiger partial charge in [-0.1, -0.05) is 0 Å². The van der Waals surface area contributed by atoms with E-state index in [1.165, 1.54) is 12.8 Å². The Hall–Kier alpha value is -1.46. The van der Waals surface area contributed by atoms with Crippen LogP contribution in [0.3, 0.4) is 0 Å². The quantitative estimate of drug-likeness (QED) is 0.883. The fourth-order valence-corrected chi connectivity index (χ4v) is 2.15. The summed E-state index contributed by atoms with van der Waals surface area (Å²) in [4.78, 5) is 16.4. The highest BCUT2D eigenvalue weighted by Crippen LogP contribution is 2.38.